The summed E-state index contributed by atoms with van der Waals surface area (Å²) in [5.41, 5.74) is -0.0312. The van der Waals surface area contributed by atoms with Gasteiger partial charge in [-0.2, -0.15) is 0 Å². The van der Waals surface area contributed by atoms with Crippen molar-refractivity contribution in [3.8, 4) is 0 Å². The molecule has 0 atom stereocenters. The maximum Gasteiger partial charge on any atom is 0.0605 e. The van der Waals surface area contributed by atoms with Gasteiger partial charge in [-0.15, -0.1) is 0 Å². The zero-order valence-electron chi connectivity index (χ0n) is 7.91. The van der Waals surface area contributed by atoms with E-state index in [-0.39, 0.29) is 16.7 Å². The quantitative estimate of drug-likeness (QED) is 0.516. The topological polar surface area (TPSA) is 40.7 Å². The molecule has 2 N–H and O–H groups in total. The van der Waals surface area contributed by atoms with Crippen molar-refractivity contribution in [1.82, 2.24) is 0 Å². The summed E-state index contributed by atoms with van der Waals surface area (Å²) in [7, 11) is 0. The Balaban J connectivity index is 0. The average Bonchev–Trinajstić information content (AvgIpc) is 1.14. The Morgan fingerprint density at radius 3 is 0.900 bits per heavy atom. The third-order valence-corrected chi connectivity index (χ3v) is 0.612. The van der Waals surface area contributed by atoms with Crippen LogP contribution in [0.25, 0.3) is 0 Å². The number of rotatable bonds is 0. The number of ether oxygens (including phenoxy) is 1. The van der Waals surface area contributed by atoms with E-state index in [1.54, 1.807) is 0 Å². The van der Waals surface area contributed by atoms with Gasteiger partial charge in [-0.25, -0.2) is 0 Å². The van der Waals surface area contributed by atoms with Gasteiger partial charge in [-0.3, -0.25) is 0 Å². The molecule has 0 bridgehead atoms. The molecule has 0 aromatic heterocycles. The molecule has 0 saturated heterocycles. The van der Waals surface area contributed by atoms with E-state index >= 15 is 0 Å². The molecule has 0 rings (SSSR count). The Morgan fingerprint density at radius 2 is 0.900 bits per heavy atom. The summed E-state index contributed by atoms with van der Waals surface area (Å²) in [4.78, 5) is 0. The molecule has 2 heteroatoms. The molecule has 0 amide bonds. The third-order valence-electron chi connectivity index (χ3n) is 0.612. The van der Waals surface area contributed by atoms with Gasteiger partial charge in [0, 0.05) is 0 Å². The van der Waals surface area contributed by atoms with Crippen molar-refractivity contribution in [3.63, 3.8) is 0 Å². The van der Waals surface area contributed by atoms with E-state index < -0.39 is 0 Å². The zero-order valence-corrected chi connectivity index (χ0v) is 7.91. The molecule has 0 saturated carbocycles. The predicted octanol–water partition coefficient (Wildman–Crippen LogP) is 1.78. The fourth-order valence-electron chi connectivity index (χ4n) is 0.919. The zero-order chi connectivity index (χ0) is 7.71. The molecule has 0 fully saturated rings. The highest BCUT2D eigenvalue weighted by Crippen LogP contribution is 2.17. The first kappa shape index (κ1) is 12.6. The van der Waals surface area contributed by atoms with Crippen LogP contribution in [0.2, 0.25) is 0 Å². The number of hydrogen-bond acceptors (Lipinski definition) is 1. The molecule has 0 unspecified atom stereocenters. The van der Waals surface area contributed by atoms with Crippen LogP contribution in [0.3, 0.4) is 0 Å². The lowest BCUT2D eigenvalue weighted by Crippen LogP contribution is -2.31. The van der Waals surface area contributed by atoms with E-state index in [1.807, 2.05) is 0 Å². The van der Waals surface area contributed by atoms with Crippen LogP contribution in [0.1, 0.15) is 41.5 Å². The van der Waals surface area contributed by atoms with Gasteiger partial charge >= 0.3 is 0 Å². The molecule has 0 aromatic rings. The van der Waals surface area contributed by atoms with Crippen molar-refractivity contribution < 1.29 is 10.2 Å². The summed E-state index contributed by atoms with van der Waals surface area (Å²) >= 11 is 0. The lowest BCUT2D eigenvalue weighted by atomic mass is 10.1. The van der Waals surface area contributed by atoms with Gasteiger partial charge in [0.25, 0.3) is 0 Å². The second kappa shape index (κ2) is 3.35. The molecule has 0 spiro atoms. The van der Waals surface area contributed by atoms with Gasteiger partial charge in [0.2, 0.25) is 0 Å². The smallest absolute Gasteiger partial charge is 0.0605 e. The first-order valence-electron chi connectivity index (χ1n) is 3.41. The third kappa shape index (κ3) is 10.8. The normalized spacial score (nSPS) is 12.6. The van der Waals surface area contributed by atoms with Gasteiger partial charge in [0.1, 0.15) is 0 Å². The second-order valence-corrected chi connectivity index (χ2v) is 4.33. The summed E-state index contributed by atoms with van der Waals surface area (Å²) in [6.07, 6.45) is 0. The van der Waals surface area contributed by atoms with Crippen LogP contribution >= 0.6 is 0 Å². The van der Waals surface area contributed by atoms with Crippen LogP contribution < -0.4 is 0 Å². The first-order valence-corrected chi connectivity index (χ1v) is 3.41. The Morgan fingerprint density at radius 1 is 0.700 bits per heavy atom. The van der Waals surface area contributed by atoms with E-state index in [9.17, 15) is 0 Å². The van der Waals surface area contributed by atoms with Gasteiger partial charge in [0.15, 0.2) is 0 Å². The van der Waals surface area contributed by atoms with Crippen LogP contribution in [0, 0.1) is 0 Å². The summed E-state index contributed by atoms with van der Waals surface area (Å²) in [6.45, 7) is 12.4. The van der Waals surface area contributed by atoms with Crippen molar-refractivity contribution in [2.24, 2.45) is 0 Å². The fraction of sp³-hybridized carbons (Fsp3) is 1.00. The highest BCUT2D eigenvalue weighted by molar-refractivity contribution is 4.68. The van der Waals surface area contributed by atoms with E-state index in [2.05, 4.69) is 41.5 Å². The minimum absolute atomic E-state index is 0. The summed E-state index contributed by atoms with van der Waals surface area (Å²) < 4.78 is 5.62. The second-order valence-electron chi connectivity index (χ2n) is 4.33. The van der Waals surface area contributed by atoms with Crippen molar-refractivity contribution >= 4 is 0 Å². The molecule has 10 heavy (non-hydrogen) atoms. The van der Waals surface area contributed by atoms with Gasteiger partial charge in [-0.05, 0) is 41.5 Å². The maximum atomic E-state index is 5.62. The van der Waals surface area contributed by atoms with Crippen molar-refractivity contribution in [2.75, 3.05) is 0 Å². The standard InChI is InChI=1S/C8H18O.H2O/c1-7(2,3)9-8(4,5)6;/h1-6H3;1H2. The minimum Gasteiger partial charge on any atom is -0.412 e. The monoisotopic (exact) mass is 148 g/mol. The Labute approximate surface area is 63.9 Å². The van der Waals surface area contributed by atoms with Gasteiger partial charge in [-0.1, -0.05) is 0 Å². The van der Waals surface area contributed by atoms with Crippen LogP contribution in [0.4, 0.5) is 0 Å². The highest BCUT2D eigenvalue weighted by atomic mass is 16.5. The molecule has 0 heterocycles. The first-order chi connectivity index (χ1) is 3.71. The molecule has 0 aromatic carbocycles. The van der Waals surface area contributed by atoms with E-state index in [0.717, 1.165) is 0 Å². The van der Waals surface area contributed by atoms with Crippen molar-refractivity contribution in [2.45, 2.75) is 52.7 Å². The van der Waals surface area contributed by atoms with Crippen LogP contribution in [0.15, 0.2) is 0 Å². The van der Waals surface area contributed by atoms with Crippen LogP contribution in [0.5, 0.6) is 0 Å². The van der Waals surface area contributed by atoms with Crippen LogP contribution in [-0.2, 0) is 4.74 Å². The van der Waals surface area contributed by atoms with Crippen molar-refractivity contribution in [3.05, 3.63) is 0 Å². The molecule has 0 radical (unpaired) electrons. The molecule has 2 nitrogen and oxygen atoms in total. The SMILES string of the molecule is CC(C)(C)OC(C)(C)C.O. The van der Waals surface area contributed by atoms with E-state index in [1.165, 1.54) is 0 Å². The Bertz CT molecular complexity index is 72.4. The fourth-order valence-corrected chi connectivity index (χ4v) is 0.919. The number of hydrogen-bond donors (Lipinski definition) is 0. The minimum atomic E-state index is -0.0156. The van der Waals surface area contributed by atoms with Gasteiger partial charge < -0.3 is 10.2 Å². The average molecular weight is 148 g/mol. The summed E-state index contributed by atoms with van der Waals surface area (Å²) in [5, 5.41) is 0. The van der Waals surface area contributed by atoms with Crippen LogP contribution in [-0.4, -0.2) is 16.7 Å². The largest absolute Gasteiger partial charge is 0.412 e. The van der Waals surface area contributed by atoms with Crippen molar-refractivity contribution in [1.29, 1.82) is 0 Å². The maximum absolute atomic E-state index is 5.62. The predicted molar refractivity (Wildman–Crippen MR) is 44.2 cm³/mol. The summed E-state index contributed by atoms with van der Waals surface area (Å²) in [6, 6.07) is 0. The lowest BCUT2D eigenvalue weighted by molar-refractivity contribution is -0.102. The molecule has 0 aliphatic heterocycles. The molecule has 0 aliphatic rings. The molecular weight excluding hydrogens is 128 g/mol. The van der Waals surface area contributed by atoms with E-state index in [0.29, 0.717) is 0 Å². The highest BCUT2D eigenvalue weighted by Gasteiger charge is 2.19. The molecule has 0 aliphatic carbocycles. The van der Waals surface area contributed by atoms with Gasteiger partial charge in [0.05, 0.1) is 11.2 Å². The Kier molecular flexibility index (Phi) is 4.22. The molecular formula is C8H20O2. The molecule has 64 valence electrons. The Hall–Kier alpha value is -0.0800. The van der Waals surface area contributed by atoms with E-state index in [4.69, 9.17) is 4.74 Å². The summed E-state index contributed by atoms with van der Waals surface area (Å²) in [5.74, 6) is 0. The lowest BCUT2D eigenvalue weighted by Gasteiger charge is -2.30.